The summed E-state index contributed by atoms with van der Waals surface area (Å²) in [6.07, 6.45) is 9.18. The third-order valence-corrected chi connectivity index (χ3v) is 4.85. The molecule has 0 N–H and O–H groups in total. The molecule has 0 unspecified atom stereocenters. The molecular weight excluding hydrogens is 376 g/mol. The standard InChI is InChI=1S/C26H38O4/c1-2-3-4-5-6-8-11-24-14-16-26(17-15-24)30-23-21-28-19-18-27-20-22-29-25-12-9-7-10-13-25/h7,9-10,12-17H,2-6,8,11,18-23H2,1H3. The van der Waals surface area contributed by atoms with E-state index in [0.717, 1.165) is 17.9 Å². The molecule has 0 saturated carbocycles. The summed E-state index contributed by atoms with van der Waals surface area (Å²) in [7, 11) is 0. The van der Waals surface area contributed by atoms with Crippen LogP contribution in [0.5, 0.6) is 11.5 Å². The molecule has 0 radical (unpaired) electrons. The monoisotopic (exact) mass is 414 g/mol. The van der Waals surface area contributed by atoms with Gasteiger partial charge in [0.25, 0.3) is 0 Å². The van der Waals surface area contributed by atoms with Crippen LogP contribution in [0.15, 0.2) is 54.6 Å². The molecule has 0 atom stereocenters. The van der Waals surface area contributed by atoms with E-state index in [1.807, 2.05) is 30.3 Å². The number of rotatable bonds is 18. The fourth-order valence-electron chi connectivity index (χ4n) is 3.14. The summed E-state index contributed by atoms with van der Waals surface area (Å²) in [5.41, 5.74) is 1.39. The van der Waals surface area contributed by atoms with Crippen molar-refractivity contribution in [1.82, 2.24) is 0 Å². The zero-order valence-corrected chi connectivity index (χ0v) is 18.5. The van der Waals surface area contributed by atoms with Gasteiger partial charge in [0.1, 0.15) is 24.7 Å². The Morgan fingerprint density at radius 1 is 0.533 bits per heavy atom. The predicted octanol–water partition coefficient (Wildman–Crippen LogP) is 6.08. The van der Waals surface area contributed by atoms with Crippen LogP contribution in [-0.2, 0) is 15.9 Å². The van der Waals surface area contributed by atoms with Gasteiger partial charge < -0.3 is 18.9 Å². The van der Waals surface area contributed by atoms with E-state index in [1.54, 1.807) is 0 Å². The van der Waals surface area contributed by atoms with Crippen molar-refractivity contribution in [3.05, 3.63) is 60.2 Å². The van der Waals surface area contributed by atoms with Gasteiger partial charge in [-0.25, -0.2) is 0 Å². The minimum absolute atomic E-state index is 0.544. The Hall–Kier alpha value is -2.04. The molecule has 0 aliphatic carbocycles. The Labute approximate surface area is 182 Å². The molecule has 0 heterocycles. The van der Waals surface area contributed by atoms with Gasteiger partial charge in [-0.1, -0.05) is 69.4 Å². The van der Waals surface area contributed by atoms with Gasteiger partial charge in [0.15, 0.2) is 0 Å². The summed E-state index contributed by atoms with van der Waals surface area (Å²) < 4.78 is 22.4. The smallest absolute Gasteiger partial charge is 0.119 e. The number of benzene rings is 2. The summed E-state index contributed by atoms with van der Waals surface area (Å²) in [6.45, 7) is 5.59. The van der Waals surface area contributed by atoms with Crippen LogP contribution in [0.4, 0.5) is 0 Å². The lowest BCUT2D eigenvalue weighted by molar-refractivity contribution is 0.0273. The van der Waals surface area contributed by atoms with Crippen LogP contribution in [0.3, 0.4) is 0 Å². The van der Waals surface area contributed by atoms with Crippen LogP contribution in [0.25, 0.3) is 0 Å². The van der Waals surface area contributed by atoms with Crippen molar-refractivity contribution >= 4 is 0 Å². The molecule has 2 aromatic carbocycles. The van der Waals surface area contributed by atoms with Crippen molar-refractivity contribution in [2.75, 3.05) is 39.6 Å². The first-order chi connectivity index (χ1) is 14.9. The highest BCUT2D eigenvalue weighted by Crippen LogP contribution is 2.15. The van der Waals surface area contributed by atoms with Crippen molar-refractivity contribution in [3.63, 3.8) is 0 Å². The van der Waals surface area contributed by atoms with E-state index in [1.165, 1.54) is 44.1 Å². The summed E-state index contributed by atoms with van der Waals surface area (Å²) in [6, 6.07) is 18.2. The molecule has 2 rings (SSSR count). The largest absolute Gasteiger partial charge is 0.491 e. The zero-order chi connectivity index (χ0) is 21.1. The highest BCUT2D eigenvalue weighted by Gasteiger charge is 1.98. The molecule has 30 heavy (non-hydrogen) atoms. The van der Waals surface area contributed by atoms with E-state index in [9.17, 15) is 0 Å². The van der Waals surface area contributed by atoms with Crippen LogP contribution in [-0.4, -0.2) is 39.6 Å². The molecule has 0 bridgehead atoms. The third-order valence-electron chi connectivity index (χ3n) is 4.85. The van der Waals surface area contributed by atoms with Gasteiger partial charge in [-0.05, 0) is 42.7 Å². The van der Waals surface area contributed by atoms with Gasteiger partial charge in [0.05, 0.1) is 26.4 Å². The number of unbranched alkanes of at least 4 members (excludes halogenated alkanes) is 5. The molecule has 166 valence electrons. The molecule has 0 aliphatic heterocycles. The summed E-state index contributed by atoms with van der Waals surface area (Å²) in [5, 5.41) is 0. The van der Waals surface area contributed by atoms with Gasteiger partial charge in [0.2, 0.25) is 0 Å². The minimum atomic E-state index is 0.544. The van der Waals surface area contributed by atoms with Crippen molar-refractivity contribution in [2.45, 2.75) is 51.9 Å². The maximum Gasteiger partial charge on any atom is 0.119 e. The van der Waals surface area contributed by atoms with Crippen LogP contribution in [0.1, 0.15) is 51.0 Å². The maximum atomic E-state index is 5.74. The molecule has 0 aromatic heterocycles. The van der Waals surface area contributed by atoms with E-state index in [2.05, 4.69) is 31.2 Å². The molecule has 0 aliphatic rings. The number of aryl methyl sites for hydroxylation is 1. The second-order valence-corrected chi connectivity index (χ2v) is 7.40. The van der Waals surface area contributed by atoms with Gasteiger partial charge in [-0.15, -0.1) is 0 Å². The van der Waals surface area contributed by atoms with Crippen molar-refractivity contribution in [1.29, 1.82) is 0 Å². The Balaban J connectivity index is 1.39. The van der Waals surface area contributed by atoms with E-state index < -0.39 is 0 Å². The van der Waals surface area contributed by atoms with Gasteiger partial charge in [-0.2, -0.15) is 0 Å². The lowest BCUT2D eigenvalue weighted by Crippen LogP contribution is -2.13. The number of para-hydroxylation sites is 1. The van der Waals surface area contributed by atoms with E-state index in [-0.39, 0.29) is 0 Å². The van der Waals surface area contributed by atoms with E-state index >= 15 is 0 Å². The van der Waals surface area contributed by atoms with Gasteiger partial charge in [-0.3, -0.25) is 0 Å². The Morgan fingerprint density at radius 3 is 1.70 bits per heavy atom. The zero-order valence-electron chi connectivity index (χ0n) is 18.5. The normalized spacial score (nSPS) is 10.8. The van der Waals surface area contributed by atoms with Crippen LogP contribution >= 0.6 is 0 Å². The average Bonchev–Trinajstić information content (AvgIpc) is 2.79. The molecule has 0 fully saturated rings. The topological polar surface area (TPSA) is 36.9 Å². The SMILES string of the molecule is CCCCCCCCc1ccc(OCCOCCOCCOc2ccccc2)cc1. The van der Waals surface area contributed by atoms with Crippen molar-refractivity contribution in [3.8, 4) is 11.5 Å². The molecule has 0 spiro atoms. The van der Waals surface area contributed by atoms with Crippen LogP contribution in [0.2, 0.25) is 0 Å². The lowest BCUT2D eigenvalue weighted by atomic mass is 10.0. The molecule has 0 saturated heterocycles. The fraction of sp³-hybridized carbons (Fsp3) is 0.538. The second kappa shape index (κ2) is 16.7. The predicted molar refractivity (Wildman–Crippen MR) is 123 cm³/mol. The lowest BCUT2D eigenvalue weighted by Gasteiger charge is -2.09. The highest BCUT2D eigenvalue weighted by molar-refractivity contribution is 5.27. The average molecular weight is 415 g/mol. The summed E-state index contributed by atoms with van der Waals surface area (Å²) in [5.74, 6) is 1.77. The number of hydrogen-bond acceptors (Lipinski definition) is 4. The fourth-order valence-corrected chi connectivity index (χ4v) is 3.14. The van der Waals surface area contributed by atoms with E-state index in [0.29, 0.717) is 39.6 Å². The first-order valence-electron chi connectivity index (χ1n) is 11.4. The number of ether oxygens (including phenoxy) is 4. The quantitative estimate of drug-likeness (QED) is 0.277. The van der Waals surface area contributed by atoms with Crippen molar-refractivity contribution < 1.29 is 18.9 Å². The van der Waals surface area contributed by atoms with Crippen LogP contribution < -0.4 is 9.47 Å². The molecule has 4 nitrogen and oxygen atoms in total. The third kappa shape index (κ3) is 11.8. The molecule has 4 heteroatoms. The van der Waals surface area contributed by atoms with Crippen LogP contribution in [0, 0.1) is 0 Å². The summed E-state index contributed by atoms with van der Waals surface area (Å²) >= 11 is 0. The van der Waals surface area contributed by atoms with Gasteiger partial charge >= 0.3 is 0 Å². The van der Waals surface area contributed by atoms with Gasteiger partial charge in [0, 0.05) is 0 Å². The maximum absolute atomic E-state index is 5.74. The Bertz CT molecular complexity index is 627. The Kier molecular flexibility index (Phi) is 13.5. The van der Waals surface area contributed by atoms with Crippen molar-refractivity contribution in [2.24, 2.45) is 0 Å². The second-order valence-electron chi connectivity index (χ2n) is 7.40. The molecule has 2 aromatic rings. The summed E-state index contributed by atoms with van der Waals surface area (Å²) in [4.78, 5) is 0. The van der Waals surface area contributed by atoms with E-state index in [4.69, 9.17) is 18.9 Å². The molecular formula is C26H38O4. The first kappa shape index (κ1) is 24.2. The highest BCUT2D eigenvalue weighted by atomic mass is 16.6. The first-order valence-corrected chi connectivity index (χ1v) is 11.4. The Morgan fingerprint density at radius 2 is 1.07 bits per heavy atom. The molecule has 0 amide bonds. The number of hydrogen-bond donors (Lipinski definition) is 0. The minimum Gasteiger partial charge on any atom is -0.491 e.